The number of pyridine rings is 1. The van der Waals surface area contributed by atoms with E-state index in [1.165, 1.54) is 11.3 Å². The topological polar surface area (TPSA) is 134 Å². The van der Waals surface area contributed by atoms with Gasteiger partial charge >= 0.3 is 0 Å². The van der Waals surface area contributed by atoms with Crippen molar-refractivity contribution in [3.63, 3.8) is 0 Å². The fraction of sp³-hybridized carbons (Fsp3) is 0.448. The summed E-state index contributed by atoms with van der Waals surface area (Å²) in [5.41, 5.74) is 2.39. The number of sulfonamides is 1. The number of nitrogens with one attached hydrogen (secondary N) is 2. The molecule has 7 rings (SSSR count). The molecular formula is C29H32N6O5S2. The van der Waals surface area contributed by atoms with Gasteiger partial charge < -0.3 is 15.0 Å². The number of hydrogen-bond donors (Lipinski definition) is 2. The van der Waals surface area contributed by atoms with Gasteiger partial charge in [0.15, 0.2) is 5.13 Å². The van der Waals surface area contributed by atoms with Crippen LogP contribution in [0.1, 0.15) is 54.2 Å². The average molecular weight is 609 g/mol. The molecule has 5 heterocycles. The van der Waals surface area contributed by atoms with E-state index in [2.05, 4.69) is 21.9 Å². The number of carbonyl (C=O) groups excluding carboxylic acids is 2. The minimum atomic E-state index is -3.99. The number of aromatic nitrogens is 2. The van der Waals surface area contributed by atoms with Crippen LogP contribution in [0.25, 0.3) is 10.4 Å². The molecule has 1 aliphatic carbocycles. The molecule has 2 amide bonds. The number of hydrogen-bond acceptors (Lipinski definition) is 9. The zero-order chi connectivity index (χ0) is 29.2. The maximum absolute atomic E-state index is 13.6. The predicted octanol–water partition coefficient (Wildman–Crippen LogP) is 3.82. The van der Waals surface area contributed by atoms with Crippen molar-refractivity contribution in [3.05, 3.63) is 47.2 Å². The lowest BCUT2D eigenvalue weighted by Crippen LogP contribution is -2.48. The van der Waals surface area contributed by atoms with E-state index in [1.807, 2.05) is 36.1 Å². The second-order valence-corrected chi connectivity index (χ2v) is 14.1. The Bertz CT molecular complexity index is 1700. The number of thiazole rings is 1. The third-order valence-electron chi connectivity index (χ3n) is 8.42. The summed E-state index contributed by atoms with van der Waals surface area (Å²) >= 11 is 1.39. The van der Waals surface area contributed by atoms with Crippen LogP contribution >= 0.6 is 11.3 Å². The zero-order valence-corrected chi connectivity index (χ0v) is 25.1. The highest BCUT2D eigenvalue weighted by atomic mass is 32.2. The van der Waals surface area contributed by atoms with Gasteiger partial charge in [-0.15, -0.1) is 0 Å². The minimum absolute atomic E-state index is 0.00403. The van der Waals surface area contributed by atoms with E-state index in [0.717, 1.165) is 29.8 Å². The standard InChI is InChI=1S/C29H32N6O5S2/c1-16-27(41-29(30-16)32-23-5-3-6-24(31-23)34-10-4-7-25(34)36)19-11-20-13-35(17(2)18-8-9-18)28(37)26(20)22(12-19)42(38,39)33-21-14-40-15-21/h3,5-6,11-12,17-18,21,33H,4,7-10,13-15H2,1-2H3,(H,30,31,32)/t17-/m0/s1. The third kappa shape index (κ3) is 4.97. The maximum Gasteiger partial charge on any atom is 0.256 e. The smallest absolute Gasteiger partial charge is 0.256 e. The summed E-state index contributed by atoms with van der Waals surface area (Å²) in [6.07, 6.45) is 3.52. The Morgan fingerprint density at radius 2 is 1.95 bits per heavy atom. The van der Waals surface area contributed by atoms with Crippen LogP contribution in [-0.2, 0) is 26.1 Å². The normalized spacial score (nSPS) is 19.8. The first-order valence-electron chi connectivity index (χ1n) is 14.3. The lowest BCUT2D eigenvalue weighted by atomic mass is 10.0. The molecule has 0 unspecified atom stereocenters. The van der Waals surface area contributed by atoms with Gasteiger partial charge in [0.2, 0.25) is 15.9 Å². The van der Waals surface area contributed by atoms with Crippen molar-refractivity contribution < 1.29 is 22.7 Å². The molecule has 0 bridgehead atoms. The molecule has 13 heteroatoms. The van der Waals surface area contributed by atoms with Crippen molar-refractivity contribution in [1.82, 2.24) is 19.6 Å². The molecule has 3 aliphatic heterocycles. The highest BCUT2D eigenvalue weighted by Crippen LogP contribution is 2.42. The second-order valence-electron chi connectivity index (χ2n) is 11.5. The van der Waals surface area contributed by atoms with Crippen LogP contribution in [0.3, 0.4) is 0 Å². The molecule has 220 valence electrons. The number of anilines is 3. The molecule has 42 heavy (non-hydrogen) atoms. The monoisotopic (exact) mass is 608 g/mol. The van der Waals surface area contributed by atoms with Gasteiger partial charge in [-0.2, -0.15) is 0 Å². The Labute approximate surface area is 248 Å². The van der Waals surface area contributed by atoms with Gasteiger partial charge in [0.1, 0.15) is 11.6 Å². The first-order chi connectivity index (χ1) is 20.2. The number of rotatable bonds is 9. The molecule has 4 aliphatic rings. The van der Waals surface area contributed by atoms with Gasteiger partial charge in [0.25, 0.3) is 5.91 Å². The third-order valence-corrected chi connectivity index (χ3v) is 11.1. The van der Waals surface area contributed by atoms with E-state index in [0.29, 0.717) is 66.5 Å². The van der Waals surface area contributed by atoms with Gasteiger partial charge in [-0.05, 0) is 74.4 Å². The minimum Gasteiger partial charge on any atom is -0.378 e. The van der Waals surface area contributed by atoms with Crippen molar-refractivity contribution >= 4 is 49.9 Å². The molecule has 2 aromatic heterocycles. The van der Waals surface area contributed by atoms with Crippen LogP contribution in [0.5, 0.6) is 0 Å². The molecular weight excluding hydrogens is 576 g/mol. The van der Waals surface area contributed by atoms with Gasteiger partial charge in [-0.3, -0.25) is 14.5 Å². The van der Waals surface area contributed by atoms with E-state index in [-0.39, 0.29) is 34.4 Å². The van der Waals surface area contributed by atoms with Crippen LogP contribution in [0.15, 0.2) is 35.2 Å². The van der Waals surface area contributed by atoms with E-state index in [9.17, 15) is 18.0 Å². The number of ether oxygens (including phenoxy) is 1. The van der Waals surface area contributed by atoms with Gasteiger partial charge in [0, 0.05) is 25.6 Å². The predicted molar refractivity (Wildman–Crippen MR) is 158 cm³/mol. The van der Waals surface area contributed by atoms with E-state index in [4.69, 9.17) is 9.72 Å². The number of amides is 2. The van der Waals surface area contributed by atoms with Gasteiger partial charge in [-0.1, -0.05) is 17.4 Å². The molecule has 3 fully saturated rings. The summed E-state index contributed by atoms with van der Waals surface area (Å²) < 4.78 is 35.2. The van der Waals surface area contributed by atoms with Crippen LogP contribution in [0.4, 0.5) is 16.8 Å². The quantitative estimate of drug-likeness (QED) is 0.375. The van der Waals surface area contributed by atoms with Crippen molar-refractivity contribution in [1.29, 1.82) is 0 Å². The first-order valence-corrected chi connectivity index (χ1v) is 16.6. The molecule has 1 atom stereocenters. The van der Waals surface area contributed by atoms with E-state index < -0.39 is 10.0 Å². The Morgan fingerprint density at radius 1 is 1.14 bits per heavy atom. The lowest BCUT2D eigenvalue weighted by molar-refractivity contribution is -0.117. The largest absolute Gasteiger partial charge is 0.378 e. The fourth-order valence-corrected chi connectivity index (χ4v) is 8.32. The molecule has 3 aromatic rings. The molecule has 2 N–H and O–H groups in total. The molecule has 1 saturated carbocycles. The number of fused-ring (bicyclic) bond motifs is 1. The summed E-state index contributed by atoms with van der Waals surface area (Å²) in [7, 11) is -3.99. The fourth-order valence-electron chi connectivity index (χ4n) is 5.89. The SMILES string of the molecule is Cc1nc(Nc2cccc(N3CCCC3=O)n2)sc1-c1cc2c(c(S(=O)(=O)NC3COC3)c1)C(=O)N([C@@H](C)C1CC1)C2. The number of carbonyl (C=O) groups is 2. The van der Waals surface area contributed by atoms with Crippen molar-refractivity contribution in [3.8, 4) is 10.4 Å². The molecule has 0 spiro atoms. The molecule has 0 radical (unpaired) electrons. The van der Waals surface area contributed by atoms with Crippen LogP contribution < -0.4 is 14.9 Å². The Balaban J connectivity index is 1.23. The average Bonchev–Trinajstić information content (AvgIpc) is 3.48. The van der Waals surface area contributed by atoms with Crippen molar-refractivity contribution in [2.24, 2.45) is 5.92 Å². The summed E-state index contributed by atoms with van der Waals surface area (Å²) in [6.45, 7) is 5.58. The Hall–Kier alpha value is -3.39. The summed E-state index contributed by atoms with van der Waals surface area (Å²) in [5, 5.41) is 3.84. The number of aryl methyl sites for hydroxylation is 1. The van der Waals surface area contributed by atoms with E-state index in [1.54, 1.807) is 11.0 Å². The van der Waals surface area contributed by atoms with E-state index >= 15 is 0 Å². The maximum atomic E-state index is 13.6. The summed E-state index contributed by atoms with van der Waals surface area (Å²) in [4.78, 5) is 39.5. The van der Waals surface area contributed by atoms with Crippen LogP contribution in [-0.4, -0.2) is 66.9 Å². The highest BCUT2D eigenvalue weighted by molar-refractivity contribution is 7.89. The summed E-state index contributed by atoms with van der Waals surface area (Å²) in [5.74, 6) is 1.46. The van der Waals surface area contributed by atoms with Gasteiger partial charge in [-0.25, -0.2) is 23.1 Å². The van der Waals surface area contributed by atoms with Crippen LogP contribution in [0.2, 0.25) is 0 Å². The van der Waals surface area contributed by atoms with Crippen molar-refractivity contribution in [2.75, 3.05) is 30.0 Å². The molecule has 11 nitrogen and oxygen atoms in total. The highest BCUT2D eigenvalue weighted by Gasteiger charge is 2.42. The van der Waals surface area contributed by atoms with Gasteiger partial charge in [0.05, 0.1) is 40.3 Å². The van der Waals surface area contributed by atoms with Crippen molar-refractivity contribution in [2.45, 2.75) is 63.1 Å². The molecule has 2 saturated heterocycles. The second kappa shape index (κ2) is 10.4. The zero-order valence-electron chi connectivity index (χ0n) is 23.4. The molecule has 1 aromatic carbocycles. The number of benzene rings is 1. The number of nitrogens with zero attached hydrogens (tertiary/aromatic N) is 4. The Morgan fingerprint density at radius 3 is 2.64 bits per heavy atom. The Kier molecular flexibility index (Phi) is 6.80. The lowest BCUT2D eigenvalue weighted by Gasteiger charge is -2.27. The van der Waals surface area contributed by atoms with Crippen LogP contribution in [0, 0.1) is 12.8 Å². The first kappa shape index (κ1) is 27.4. The summed E-state index contributed by atoms with van der Waals surface area (Å²) in [6, 6.07) is 8.76.